The number of hydrogen-bond donors (Lipinski definition) is 3. The Balaban J connectivity index is 1.76. The van der Waals surface area contributed by atoms with Crippen molar-refractivity contribution >= 4 is 28.9 Å². The van der Waals surface area contributed by atoms with Gasteiger partial charge in [-0.25, -0.2) is 0 Å². The molecule has 150 valence electrons. The third-order valence-corrected chi connectivity index (χ3v) is 4.31. The van der Waals surface area contributed by atoms with E-state index in [1.807, 2.05) is 6.07 Å². The minimum absolute atomic E-state index is 0.115. The fraction of sp³-hybridized carbons (Fsp3) is 0.143. The number of hydrogen-bond acceptors (Lipinski definition) is 6. The normalized spacial score (nSPS) is 10.3. The summed E-state index contributed by atoms with van der Waals surface area (Å²) < 4.78 is 16.1. The molecule has 0 fully saturated rings. The maximum atomic E-state index is 12.4. The van der Waals surface area contributed by atoms with Crippen LogP contribution in [0.3, 0.4) is 0 Å². The fourth-order valence-corrected chi connectivity index (χ4v) is 2.87. The Hall–Kier alpha value is -3.36. The quantitative estimate of drug-likeness (QED) is 0.533. The second-order valence-corrected chi connectivity index (χ2v) is 6.39. The summed E-state index contributed by atoms with van der Waals surface area (Å²) in [5.74, 6) is 1.81. The van der Waals surface area contributed by atoms with Gasteiger partial charge in [-0.05, 0) is 60.7 Å². The Morgan fingerprint density at radius 1 is 1.10 bits per heavy atom. The summed E-state index contributed by atoms with van der Waals surface area (Å²) in [6.07, 6.45) is 0. The van der Waals surface area contributed by atoms with E-state index in [4.69, 9.17) is 26.1 Å². The van der Waals surface area contributed by atoms with Gasteiger partial charge in [-0.2, -0.15) is 0 Å². The topological polar surface area (TPSA) is 93.0 Å². The third-order valence-electron chi connectivity index (χ3n) is 4.11. The molecule has 3 aromatic rings. The Bertz CT molecular complexity index is 1030. The van der Waals surface area contributed by atoms with Crippen LogP contribution in [0.25, 0.3) is 11.3 Å². The highest BCUT2D eigenvalue weighted by molar-refractivity contribution is 7.80. The van der Waals surface area contributed by atoms with Crippen LogP contribution in [0.1, 0.15) is 16.1 Å². The number of aliphatic hydroxyl groups is 1. The number of thiocarbonyl (C=S) groups is 1. The van der Waals surface area contributed by atoms with Crippen molar-refractivity contribution in [3.8, 4) is 22.8 Å². The smallest absolute Gasteiger partial charge is 0.257 e. The van der Waals surface area contributed by atoms with Gasteiger partial charge in [0.25, 0.3) is 5.91 Å². The molecule has 0 aliphatic rings. The van der Waals surface area contributed by atoms with E-state index in [1.165, 1.54) is 14.2 Å². The molecule has 1 amide bonds. The van der Waals surface area contributed by atoms with Crippen molar-refractivity contribution in [2.45, 2.75) is 6.61 Å². The second kappa shape index (κ2) is 9.22. The molecule has 0 atom stereocenters. The van der Waals surface area contributed by atoms with Crippen molar-refractivity contribution in [1.29, 1.82) is 0 Å². The standard InChI is InChI=1S/C21H20N2O5S/c1-26-15-5-3-4-14(10-15)20(25)23-21(29)22-17-11-13(6-8-19(17)27-2)18-9-7-16(12-24)28-18/h3-11,24H,12H2,1-2H3,(H2,22,23,25,29). The maximum absolute atomic E-state index is 12.4. The van der Waals surface area contributed by atoms with E-state index in [9.17, 15) is 9.90 Å². The van der Waals surface area contributed by atoms with Crippen molar-refractivity contribution in [2.24, 2.45) is 0 Å². The van der Waals surface area contributed by atoms with Crippen molar-refractivity contribution in [2.75, 3.05) is 19.5 Å². The number of ether oxygens (including phenoxy) is 2. The van der Waals surface area contributed by atoms with E-state index in [2.05, 4.69) is 10.6 Å². The molecule has 8 heteroatoms. The number of amides is 1. The van der Waals surface area contributed by atoms with Crippen LogP contribution < -0.4 is 20.1 Å². The molecule has 1 aromatic heterocycles. The number of furan rings is 1. The average Bonchev–Trinajstić information content (AvgIpc) is 3.23. The Morgan fingerprint density at radius 3 is 2.62 bits per heavy atom. The van der Waals surface area contributed by atoms with Crippen LogP contribution in [0.15, 0.2) is 59.0 Å². The Labute approximate surface area is 173 Å². The molecule has 0 saturated carbocycles. The zero-order valence-electron chi connectivity index (χ0n) is 15.9. The van der Waals surface area contributed by atoms with Crippen molar-refractivity contribution in [3.05, 3.63) is 65.9 Å². The van der Waals surface area contributed by atoms with E-state index < -0.39 is 0 Å². The minimum atomic E-state index is -0.366. The first-order valence-corrected chi connectivity index (χ1v) is 9.09. The monoisotopic (exact) mass is 412 g/mol. The summed E-state index contributed by atoms with van der Waals surface area (Å²) in [7, 11) is 3.07. The summed E-state index contributed by atoms with van der Waals surface area (Å²) in [6, 6.07) is 15.6. The van der Waals surface area contributed by atoms with Gasteiger partial charge < -0.3 is 24.3 Å². The highest BCUT2D eigenvalue weighted by Crippen LogP contribution is 2.31. The van der Waals surface area contributed by atoms with Gasteiger partial charge in [-0.1, -0.05) is 6.07 Å². The van der Waals surface area contributed by atoms with Gasteiger partial charge in [0, 0.05) is 11.1 Å². The number of nitrogens with one attached hydrogen (secondary N) is 2. The van der Waals surface area contributed by atoms with E-state index in [1.54, 1.807) is 48.5 Å². The van der Waals surface area contributed by atoms with Crippen LogP contribution in [0.4, 0.5) is 5.69 Å². The Morgan fingerprint density at radius 2 is 1.93 bits per heavy atom. The van der Waals surface area contributed by atoms with Crippen LogP contribution in [0.5, 0.6) is 11.5 Å². The van der Waals surface area contributed by atoms with Crippen molar-refractivity contribution in [3.63, 3.8) is 0 Å². The van der Waals surface area contributed by atoms with Crippen LogP contribution in [-0.4, -0.2) is 30.3 Å². The summed E-state index contributed by atoms with van der Waals surface area (Å²) in [4.78, 5) is 12.4. The van der Waals surface area contributed by atoms with Crippen molar-refractivity contribution in [1.82, 2.24) is 5.32 Å². The average molecular weight is 412 g/mol. The summed E-state index contributed by atoms with van der Waals surface area (Å²) in [6.45, 7) is -0.179. The molecule has 0 spiro atoms. The second-order valence-electron chi connectivity index (χ2n) is 5.98. The van der Waals surface area contributed by atoms with Gasteiger partial charge >= 0.3 is 0 Å². The highest BCUT2D eigenvalue weighted by Gasteiger charge is 2.13. The number of methoxy groups -OCH3 is 2. The number of benzene rings is 2. The molecule has 3 rings (SSSR count). The highest BCUT2D eigenvalue weighted by atomic mass is 32.1. The molecule has 2 aromatic carbocycles. The van der Waals surface area contributed by atoms with Gasteiger partial charge in [0.05, 0.1) is 19.9 Å². The fourth-order valence-electron chi connectivity index (χ4n) is 2.67. The molecule has 0 bridgehead atoms. The summed E-state index contributed by atoms with van der Waals surface area (Å²) in [5.41, 5.74) is 1.74. The van der Waals surface area contributed by atoms with Crippen LogP contribution in [0.2, 0.25) is 0 Å². The lowest BCUT2D eigenvalue weighted by atomic mass is 10.1. The van der Waals surface area contributed by atoms with E-state index in [-0.39, 0.29) is 17.6 Å². The number of aliphatic hydroxyl groups excluding tert-OH is 1. The lowest BCUT2D eigenvalue weighted by molar-refractivity contribution is 0.0977. The van der Waals surface area contributed by atoms with E-state index in [0.717, 1.165) is 5.56 Å². The molecular weight excluding hydrogens is 392 g/mol. The molecule has 1 heterocycles. The van der Waals surface area contributed by atoms with Crippen LogP contribution in [-0.2, 0) is 6.61 Å². The van der Waals surface area contributed by atoms with Gasteiger partial charge in [-0.3, -0.25) is 10.1 Å². The van der Waals surface area contributed by atoms with E-state index >= 15 is 0 Å². The van der Waals surface area contributed by atoms with Gasteiger partial charge in [0.2, 0.25) is 0 Å². The lowest BCUT2D eigenvalue weighted by Crippen LogP contribution is -2.34. The molecule has 29 heavy (non-hydrogen) atoms. The largest absolute Gasteiger partial charge is 0.497 e. The van der Waals surface area contributed by atoms with Gasteiger partial charge in [-0.15, -0.1) is 0 Å². The first-order valence-electron chi connectivity index (χ1n) is 8.68. The van der Waals surface area contributed by atoms with Gasteiger partial charge in [0.1, 0.15) is 29.6 Å². The first kappa shape index (κ1) is 20.4. The lowest BCUT2D eigenvalue weighted by Gasteiger charge is -2.14. The Kier molecular flexibility index (Phi) is 6.48. The number of carbonyl (C=O) groups excluding carboxylic acids is 1. The number of carbonyl (C=O) groups is 1. The van der Waals surface area contributed by atoms with E-state index in [0.29, 0.717) is 34.3 Å². The third kappa shape index (κ3) is 4.92. The zero-order chi connectivity index (χ0) is 20.8. The summed E-state index contributed by atoms with van der Waals surface area (Å²) >= 11 is 5.28. The SMILES string of the molecule is COc1cccc(C(=O)NC(=S)Nc2cc(-c3ccc(CO)o3)ccc2OC)c1. The van der Waals surface area contributed by atoms with Crippen LogP contribution in [0, 0.1) is 0 Å². The molecule has 0 aliphatic carbocycles. The molecule has 7 nitrogen and oxygen atoms in total. The molecule has 3 N–H and O–H groups in total. The molecule has 0 unspecified atom stereocenters. The predicted molar refractivity (Wildman–Crippen MR) is 113 cm³/mol. The van der Waals surface area contributed by atoms with Crippen LogP contribution >= 0.6 is 12.2 Å². The molecular formula is C21H20N2O5S. The molecule has 0 radical (unpaired) electrons. The van der Waals surface area contributed by atoms with Gasteiger partial charge in [0.15, 0.2) is 5.11 Å². The zero-order valence-corrected chi connectivity index (χ0v) is 16.7. The first-order chi connectivity index (χ1) is 14.0. The van der Waals surface area contributed by atoms with Crippen molar-refractivity contribution < 1.29 is 23.8 Å². The minimum Gasteiger partial charge on any atom is -0.497 e. The predicted octanol–water partition coefficient (Wildman–Crippen LogP) is 3.58. The molecule has 0 aliphatic heterocycles. The summed E-state index contributed by atoms with van der Waals surface area (Å²) in [5, 5.41) is 14.9. The maximum Gasteiger partial charge on any atom is 0.257 e. The number of rotatable bonds is 6. The number of anilines is 1. The molecule has 0 saturated heterocycles.